The highest BCUT2D eigenvalue weighted by molar-refractivity contribution is 8.84. The van der Waals surface area contributed by atoms with Crippen LogP contribution in [0.2, 0.25) is 0 Å². The largest absolute Gasteiger partial charge is 0.267 e. The van der Waals surface area contributed by atoms with Crippen LogP contribution in [0.15, 0.2) is 35.2 Å². The minimum atomic E-state index is -3.51. The van der Waals surface area contributed by atoms with Crippen molar-refractivity contribution < 1.29 is 8.42 Å². The average molecular weight is 292 g/mol. The molecule has 1 aromatic carbocycles. The highest BCUT2D eigenvalue weighted by Gasteiger charge is 2.24. The fourth-order valence-corrected chi connectivity index (χ4v) is 4.76. The van der Waals surface area contributed by atoms with E-state index < -0.39 is 10.0 Å². The number of thiocarbonyl (C=S) groups is 1. The smallest absolute Gasteiger partial charge is 0.257 e. The molecule has 1 N–H and O–H groups in total. The van der Waals surface area contributed by atoms with Gasteiger partial charge < -0.3 is 0 Å². The Bertz CT molecular complexity index is 488. The van der Waals surface area contributed by atoms with Crippen LogP contribution in [-0.2, 0) is 10.0 Å². The molecule has 1 heterocycles. The maximum absolute atomic E-state index is 11.9. The normalized spacial score (nSPS) is 16.8. The Hall–Kier alpha value is -0.280. The van der Waals surface area contributed by atoms with Gasteiger partial charge in [0.25, 0.3) is 10.0 Å². The van der Waals surface area contributed by atoms with Crippen LogP contribution >= 0.6 is 33.8 Å². The molecule has 86 valence electrons. The summed E-state index contributed by atoms with van der Waals surface area (Å²) in [6.07, 6.45) is 0. The number of nitrogens with zero attached hydrogens (tertiary/aromatic N) is 1. The molecule has 0 spiro atoms. The molecule has 8 heteroatoms. The first-order valence-corrected chi connectivity index (χ1v) is 8.49. The first-order valence-electron chi connectivity index (χ1n) is 4.28. The molecule has 1 saturated heterocycles. The number of sulfonamides is 1. The Morgan fingerprint density at radius 1 is 1.31 bits per heavy atom. The minimum absolute atomic E-state index is 0.236. The van der Waals surface area contributed by atoms with E-state index in [0.29, 0.717) is 10.2 Å². The van der Waals surface area contributed by atoms with E-state index in [-0.39, 0.29) is 4.90 Å². The lowest BCUT2D eigenvalue weighted by Gasteiger charge is -2.16. The standard InChI is InChI=1S/C8H8N2O2S4/c11-16(12,7-4-2-1-3-5-7)9-10-6-14-15-8(10)13/h1-5,9H,6H2. The number of rotatable bonds is 3. The molecule has 1 aromatic rings. The van der Waals surface area contributed by atoms with Crippen molar-refractivity contribution in [2.24, 2.45) is 0 Å². The Morgan fingerprint density at radius 2 is 2.00 bits per heavy atom. The summed E-state index contributed by atoms with van der Waals surface area (Å²) in [6, 6.07) is 8.22. The summed E-state index contributed by atoms with van der Waals surface area (Å²) in [7, 11) is -0.626. The van der Waals surface area contributed by atoms with Gasteiger partial charge in [0.2, 0.25) is 0 Å². The SMILES string of the molecule is O=S(=O)(NN1CSSC1=S)c1ccccc1. The van der Waals surface area contributed by atoms with Gasteiger partial charge in [0.1, 0.15) is 0 Å². The van der Waals surface area contributed by atoms with Crippen molar-refractivity contribution in [3.63, 3.8) is 0 Å². The zero-order chi connectivity index (χ0) is 11.6. The zero-order valence-electron chi connectivity index (χ0n) is 7.99. The van der Waals surface area contributed by atoms with E-state index in [1.807, 2.05) is 0 Å². The summed E-state index contributed by atoms with van der Waals surface area (Å²) in [4.78, 5) is 2.68. The van der Waals surface area contributed by atoms with Gasteiger partial charge in [-0.1, -0.05) is 41.2 Å². The van der Waals surface area contributed by atoms with Crippen molar-refractivity contribution in [2.75, 3.05) is 5.88 Å². The predicted octanol–water partition coefficient (Wildman–Crippen LogP) is 1.82. The van der Waals surface area contributed by atoms with Crippen LogP contribution in [-0.4, -0.2) is 23.6 Å². The molecule has 1 aliphatic rings. The second-order valence-corrected chi connectivity index (χ2v) is 7.49. The number of hydrogen-bond donors (Lipinski definition) is 1. The molecule has 2 rings (SSSR count). The third-order valence-electron chi connectivity index (χ3n) is 1.82. The van der Waals surface area contributed by atoms with Crippen LogP contribution in [0.3, 0.4) is 0 Å². The maximum Gasteiger partial charge on any atom is 0.257 e. The maximum atomic E-state index is 11.9. The molecule has 0 aliphatic carbocycles. The molecule has 0 atom stereocenters. The van der Waals surface area contributed by atoms with Crippen molar-refractivity contribution in [3.8, 4) is 0 Å². The molecular formula is C8H8N2O2S4. The number of nitrogens with one attached hydrogen (secondary N) is 1. The van der Waals surface area contributed by atoms with Crippen LogP contribution in [0, 0.1) is 0 Å². The van der Waals surface area contributed by atoms with Gasteiger partial charge in [0.05, 0.1) is 10.8 Å². The van der Waals surface area contributed by atoms with Gasteiger partial charge in [-0.05, 0) is 22.9 Å². The van der Waals surface area contributed by atoms with Gasteiger partial charge in [-0.2, -0.15) is 0 Å². The summed E-state index contributed by atoms with van der Waals surface area (Å²) in [6.45, 7) is 0. The number of benzene rings is 1. The Morgan fingerprint density at radius 3 is 2.56 bits per heavy atom. The fraction of sp³-hybridized carbons (Fsp3) is 0.125. The van der Waals surface area contributed by atoms with E-state index in [1.165, 1.54) is 26.6 Å². The van der Waals surface area contributed by atoms with Crippen LogP contribution in [0.5, 0.6) is 0 Å². The van der Waals surface area contributed by atoms with E-state index >= 15 is 0 Å². The van der Waals surface area contributed by atoms with Crippen molar-refractivity contribution >= 4 is 48.1 Å². The number of hydrogen-bond acceptors (Lipinski definition) is 5. The molecular weight excluding hydrogens is 284 g/mol. The molecule has 0 bridgehead atoms. The zero-order valence-corrected chi connectivity index (χ0v) is 11.3. The molecule has 0 aromatic heterocycles. The van der Waals surface area contributed by atoms with E-state index in [1.54, 1.807) is 30.3 Å². The first-order chi connectivity index (χ1) is 7.59. The minimum Gasteiger partial charge on any atom is -0.267 e. The van der Waals surface area contributed by atoms with E-state index in [4.69, 9.17) is 12.2 Å². The van der Waals surface area contributed by atoms with Crippen molar-refractivity contribution in [2.45, 2.75) is 4.90 Å². The van der Waals surface area contributed by atoms with E-state index in [9.17, 15) is 8.42 Å². The monoisotopic (exact) mass is 292 g/mol. The molecule has 0 radical (unpaired) electrons. The summed E-state index contributed by atoms with van der Waals surface area (Å²) in [5, 5.41) is 1.45. The van der Waals surface area contributed by atoms with Gasteiger partial charge in [-0.3, -0.25) is 5.01 Å². The Kier molecular flexibility index (Phi) is 3.75. The fourth-order valence-electron chi connectivity index (χ4n) is 1.09. The number of hydrazine groups is 1. The third-order valence-corrected chi connectivity index (χ3v) is 5.94. The lowest BCUT2D eigenvalue weighted by atomic mass is 10.4. The third kappa shape index (κ3) is 2.69. The molecule has 16 heavy (non-hydrogen) atoms. The molecule has 0 unspecified atom stereocenters. The highest BCUT2D eigenvalue weighted by atomic mass is 33.1. The molecule has 1 aliphatic heterocycles. The summed E-state index contributed by atoms with van der Waals surface area (Å²) in [5.74, 6) is 0.523. The first kappa shape index (κ1) is 12.2. The highest BCUT2D eigenvalue weighted by Crippen LogP contribution is 2.32. The second-order valence-electron chi connectivity index (χ2n) is 2.93. The van der Waals surface area contributed by atoms with Crippen molar-refractivity contribution in [1.82, 2.24) is 9.84 Å². The van der Waals surface area contributed by atoms with Gasteiger partial charge >= 0.3 is 0 Å². The summed E-state index contributed by atoms with van der Waals surface area (Å²) < 4.78 is 24.3. The van der Waals surface area contributed by atoms with Gasteiger partial charge in [0.15, 0.2) is 4.32 Å². The van der Waals surface area contributed by atoms with Crippen LogP contribution in [0.4, 0.5) is 0 Å². The van der Waals surface area contributed by atoms with Gasteiger partial charge in [0, 0.05) is 0 Å². The Labute approximate surface area is 107 Å². The van der Waals surface area contributed by atoms with Gasteiger partial charge in [-0.15, -0.1) is 4.83 Å². The second kappa shape index (κ2) is 4.92. The van der Waals surface area contributed by atoms with Gasteiger partial charge in [-0.25, -0.2) is 8.42 Å². The Balaban J connectivity index is 2.18. The van der Waals surface area contributed by atoms with Crippen LogP contribution in [0.1, 0.15) is 0 Å². The molecule has 0 amide bonds. The lowest BCUT2D eigenvalue weighted by molar-refractivity contribution is 0.449. The molecule has 0 saturated carbocycles. The average Bonchev–Trinajstić information content (AvgIpc) is 2.65. The topological polar surface area (TPSA) is 49.4 Å². The van der Waals surface area contributed by atoms with Crippen LogP contribution < -0.4 is 4.83 Å². The quantitative estimate of drug-likeness (QED) is 0.677. The van der Waals surface area contributed by atoms with E-state index in [0.717, 1.165) is 0 Å². The molecule has 4 nitrogen and oxygen atoms in total. The summed E-state index contributed by atoms with van der Waals surface area (Å²) in [5.41, 5.74) is 0. The van der Waals surface area contributed by atoms with Crippen LogP contribution in [0.25, 0.3) is 0 Å². The molecule has 1 fully saturated rings. The summed E-state index contributed by atoms with van der Waals surface area (Å²) >= 11 is 5.00. The van der Waals surface area contributed by atoms with Crippen molar-refractivity contribution in [3.05, 3.63) is 30.3 Å². The lowest BCUT2D eigenvalue weighted by Crippen LogP contribution is -2.41. The van der Waals surface area contributed by atoms with Crippen molar-refractivity contribution in [1.29, 1.82) is 0 Å². The predicted molar refractivity (Wildman–Crippen MR) is 71.2 cm³/mol. The van der Waals surface area contributed by atoms with E-state index in [2.05, 4.69) is 4.83 Å².